The zero-order chi connectivity index (χ0) is 14.3. The van der Waals surface area contributed by atoms with Crippen molar-refractivity contribution in [1.29, 1.82) is 0 Å². The number of amides is 1. The molecule has 0 saturated heterocycles. The third-order valence-corrected chi connectivity index (χ3v) is 4.29. The minimum atomic E-state index is 0.309. The number of hydrogen-bond donors (Lipinski definition) is 0. The molecule has 0 aromatic rings. The maximum atomic E-state index is 12.2. The summed E-state index contributed by atoms with van der Waals surface area (Å²) in [5.41, 5.74) is 0. The van der Waals surface area contributed by atoms with E-state index in [0.29, 0.717) is 5.24 Å². The summed E-state index contributed by atoms with van der Waals surface area (Å²) in [6, 6.07) is 0. The van der Waals surface area contributed by atoms with Gasteiger partial charge in [0.15, 0.2) is 0 Å². The second kappa shape index (κ2) is 14.2. The van der Waals surface area contributed by atoms with Crippen molar-refractivity contribution in [2.75, 3.05) is 18.8 Å². The van der Waals surface area contributed by atoms with Gasteiger partial charge in [-0.15, -0.1) is 0 Å². The van der Waals surface area contributed by atoms with Gasteiger partial charge in [0, 0.05) is 18.8 Å². The molecular formula is C16H33NOS. The maximum Gasteiger partial charge on any atom is 0.281 e. The molecule has 0 aliphatic carbocycles. The van der Waals surface area contributed by atoms with Crippen LogP contribution in [0.15, 0.2) is 0 Å². The molecule has 0 unspecified atom stereocenters. The highest BCUT2D eigenvalue weighted by atomic mass is 32.2. The lowest BCUT2D eigenvalue weighted by molar-refractivity contribution is 0.220. The predicted octanol–water partition coefficient (Wildman–Crippen LogP) is 5.71. The quantitative estimate of drug-likeness (QED) is 0.428. The zero-order valence-electron chi connectivity index (χ0n) is 13.2. The van der Waals surface area contributed by atoms with Crippen LogP contribution in [0.4, 0.5) is 4.79 Å². The van der Waals surface area contributed by atoms with E-state index in [1.165, 1.54) is 56.7 Å². The van der Waals surface area contributed by atoms with E-state index in [4.69, 9.17) is 0 Å². The largest absolute Gasteiger partial charge is 0.334 e. The Kier molecular flexibility index (Phi) is 14.1. The van der Waals surface area contributed by atoms with Gasteiger partial charge in [0.05, 0.1) is 0 Å². The van der Waals surface area contributed by atoms with Crippen molar-refractivity contribution in [3.63, 3.8) is 0 Å². The Bertz CT molecular complexity index is 199. The van der Waals surface area contributed by atoms with Crippen LogP contribution < -0.4 is 0 Å². The van der Waals surface area contributed by atoms with Gasteiger partial charge in [-0.2, -0.15) is 0 Å². The average molecular weight is 288 g/mol. The molecule has 0 heterocycles. The zero-order valence-corrected chi connectivity index (χ0v) is 14.1. The highest BCUT2D eigenvalue weighted by Gasteiger charge is 2.12. The molecule has 19 heavy (non-hydrogen) atoms. The van der Waals surface area contributed by atoms with Gasteiger partial charge in [-0.25, -0.2) is 0 Å². The number of thioether (sulfide) groups is 1. The molecule has 0 fully saturated rings. The second-order valence-corrected chi connectivity index (χ2v) is 6.27. The third kappa shape index (κ3) is 11.4. The highest BCUT2D eigenvalue weighted by Crippen LogP contribution is 2.14. The van der Waals surface area contributed by atoms with E-state index in [0.717, 1.165) is 31.7 Å². The van der Waals surface area contributed by atoms with Gasteiger partial charge in [-0.05, 0) is 19.3 Å². The number of hydrogen-bond acceptors (Lipinski definition) is 2. The van der Waals surface area contributed by atoms with E-state index in [-0.39, 0.29) is 0 Å². The summed E-state index contributed by atoms with van der Waals surface area (Å²) < 4.78 is 0. The Labute approximate surface area is 124 Å². The van der Waals surface area contributed by atoms with E-state index in [2.05, 4.69) is 25.7 Å². The van der Waals surface area contributed by atoms with Crippen molar-refractivity contribution in [3.8, 4) is 0 Å². The van der Waals surface area contributed by atoms with Gasteiger partial charge in [0.25, 0.3) is 5.24 Å². The lowest BCUT2D eigenvalue weighted by Gasteiger charge is -2.22. The van der Waals surface area contributed by atoms with Crippen LogP contribution >= 0.6 is 11.8 Å². The Balaban J connectivity index is 3.94. The molecule has 0 bridgehead atoms. The van der Waals surface area contributed by atoms with E-state index in [9.17, 15) is 4.79 Å². The van der Waals surface area contributed by atoms with Crippen LogP contribution in [0.2, 0.25) is 0 Å². The summed E-state index contributed by atoms with van der Waals surface area (Å²) in [7, 11) is 0. The molecule has 2 nitrogen and oxygen atoms in total. The van der Waals surface area contributed by atoms with Gasteiger partial charge in [-0.1, -0.05) is 71.1 Å². The fraction of sp³-hybridized carbons (Fsp3) is 0.938. The molecule has 0 aliphatic rings. The second-order valence-electron chi connectivity index (χ2n) is 5.22. The number of carbonyl (C=O) groups is 1. The molecule has 0 atom stereocenters. The fourth-order valence-corrected chi connectivity index (χ4v) is 2.89. The van der Waals surface area contributed by atoms with Gasteiger partial charge in [0.1, 0.15) is 0 Å². The van der Waals surface area contributed by atoms with Crippen LogP contribution in [0.25, 0.3) is 0 Å². The molecule has 0 rings (SSSR count). The Morgan fingerprint density at radius 2 is 1.26 bits per heavy atom. The van der Waals surface area contributed by atoms with Gasteiger partial charge < -0.3 is 4.90 Å². The summed E-state index contributed by atoms with van der Waals surface area (Å²) in [4.78, 5) is 14.3. The monoisotopic (exact) mass is 287 g/mol. The predicted molar refractivity (Wildman–Crippen MR) is 88.0 cm³/mol. The van der Waals surface area contributed by atoms with Gasteiger partial charge in [-0.3, -0.25) is 4.79 Å². The molecule has 0 saturated carbocycles. The first-order valence-corrected chi connectivity index (χ1v) is 9.16. The highest BCUT2D eigenvalue weighted by molar-refractivity contribution is 8.13. The molecule has 0 spiro atoms. The van der Waals surface area contributed by atoms with E-state index < -0.39 is 0 Å². The Morgan fingerprint density at radius 3 is 1.74 bits per heavy atom. The van der Waals surface area contributed by atoms with Crippen molar-refractivity contribution in [2.24, 2.45) is 0 Å². The van der Waals surface area contributed by atoms with Crippen LogP contribution in [0, 0.1) is 0 Å². The lowest BCUT2D eigenvalue weighted by Crippen LogP contribution is -2.30. The fourth-order valence-electron chi connectivity index (χ4n) is 2.00. The number of rotatable bonds is 12. The number of unbranched alkanes of at least 4 members (excludes halogenated alkanes) is 6. The topological polar surface area (TPSA) is 20.3 Å². The van der Waals surface area contributed by atoms with Crippen molar-refractivity contribution in [2.45, 2.75) is 78.6 Å². The molecule has 0 radical (unpaired) electrons. The molecule has 114 valence electrons. The average Bonchev–Trinajstić information content (AvgIpc) is 2.42. The van der Waals surface area contributed by atoms with Crippen LogP contribution in [-0.4, -0.2) is 29.0 Å². The SMILES string of the molecule is CCCCCSC(=O)N(CCCCC)CCCCC. The molecule has 1 amide bonds. The molecular weight excluding hydrogens is 254 g/mol. The standard InChI is InChI=1S/C16H33NOS/c1-4-7-10-13-17(14-11-8-5-2)16(18)19-15-12-9-6-3/h4-15H2,1-3H3. The van der Waals surface area contributed by atoms with Crippen molar-refractivity contribution < 1.29 is 4.79 Å². The molecule has 0 aromatic heterocycles. The summed E-state index contributed by atoms with van der Waals surface area (Å²) in [5.74, 6) is 0.991. The van der Waals surface area contributed by atoms with E-state index in [1.54, 1.807) is 0 Å². The van der Waals surface area contributed by atoms with E-state index in [1.807, 2.05) is 0 Å². The van der Waals surface area contributed by atoms with Gasteiger partial charge in [0.2, 0.25) is 0 Å². The van der Waals surface area contributed by atoms with Crippen molar-refractivity contribution in [3.05, 3.63) is 0 Å². The summed E-state index contributed by atoms with van der Waals surface area (Å²) >= 11 is 1.53. The summed E-state index contributed by atoms with van der Waals surface area (Å²) in [5, 5.41) is 0.309. The first-order valence-electron chi connectivity index (χ1n) is 8.17. The van der Waals surface area contributed by atoms with E-state index >= 15 is 0 Å². The molecule has 0 aromatic carbocycles. The normalized spacial score (nSPS) is 10.7. The lowest BCUT2D eigenvalue weighted by atomic mass is 10.2. The maximum absolute atomic E-state index is 12.2. The first kappa shape index (κ1) is 18.8. The first-order chi connectivity index (χ1) is 9.26. The summed E-state index contributed by atoms with van der Waals surface area (Å²) in [6.07, 6.45) is 10.9. The minimum absolute atomic E-state index is 0.309. The molecule has 0 N–H and O–H groups in total. The van der Waals surface area contributed by atoms with Crippen LogP contribution in [-0.2, 0) is 0 Å². The van der Waals surface area contributed by atoms with Crippen LogP contribution in [0.1, 0.15) is 78.6 Å². The molecule has 3 heteroatoms. The Hall–Kier alpha value is -0.180. The molecule has 0 aliphatic heterocycles. The summed E-state index contributed by atoms with van der Waals surface area (Å²) in [6.45, 7) is 8.54. The van der Waals surface area contributed by atoms with Crippen LogP contribution in [0.3, 0.4) is 0 Å². The third-order valence-electron chi connectivity index (χ3n) is 3.29. The van der Waals surface area contributed by atoms with Crippen LogP contribution in [0.5, 0.6) is 0 Å². The van der Waals surface area contributed by atoms with Crippen molar-refractivity contribution in [1.82, 2.24) is 4.90 Å². The number of carbonyl (C=O) groups excluding carboxylic acids is 1. The van der Waals surface area contributed by atoms with Crippen molar-refractivity contribution >= 4 is 17.0 Å². The number of nitrogens with zero attached hydrogens (tertiary/aromatic N) is 1. The smallest absolute Gasteiger partial charge is 0.281 e. The Morgan fingerprint density at radius 1 is 0.789 bits per heavy atom. The van der Waals surface area contributed by atoms with Gasteiger partial charge >= 0.3 is 0 Å². The minimum Gasteiger partial charge on any atom is -0.334 e.